The van der Waals surface area contributed by atoms with E-state index in [1.165, 1.54) is 23.3 Å². The van der Waals surface area contributed by atoms with Gasteiger partial charge >= 0.3 is 0 Å². The van der Waals surface area contributed by atoms with E-state index in [1.807, 2.05) is 6.07 Å². The summed E-state index contributed by atoms with van der Waals surface area (Å²) in [6.07, 6.45) is 0. The number of aryl methyl sites for hydroxylation is 1. The molecule has 0 saturated heterocycles. The lowest BCUT2D eigenvalue weighted by Gasteiger charge is -2.08. The quantitative estimate of drug-likeness (QED) is 0.878. The molecule has 0 saturated carbocycles. The van der Waals surface area contributed by atoms with E-state index in [0.29, 0.717) is 0 Å². The molecule has 0 amide bonds. The van der Waals surface area contributed by atoms with E-state index < -0.39 is 0 Å². The van der Waals surface area contributed by atoms with Gasteiger partial charge in [0.15, 0.2) is 0 Å². The Morgan fingerprint density at radius 1 is 1.12 bits per heavy atom. The highest BCUT2D eigenvalue weighted by Crippen LogP contribution is 2.18. The van der Waals surface area contributed by atoms with Gasteiger partial charge < -0.3 is 5.32 Å². The normalized spacial score (nSPS) is 10.3. The van der Waals surface area contributed by atoms with Gasteiger partial charge in [-0.1, -0.05) is 28.1 Å². The van der Waals surface area contributed by atoms with Crippen LogP contribution in [0.4, 0.5) is 10.1 Å². The van der Waals surface area contributed by atoms with E-state index in [-0.39, 0.29) is 5.82 Å². The van der Waals surface area contributed by atoms with Crippen LogP contribution >= 0.6 is 15.9 Å². The summed E-state index contributed by atoms with van der Waals surface area (Å²) in [5, 5.41) is 3.25. The third kappa shape index (κ3) is 3.30. The molecule has 0 fully saturated rings. The summed E-state index contributed by atoms with van der Waals surface area (Å²) in [6.45, 7) is 2.80. The molecule has 2 rings (SSSR count). The molecular weight excluding hydrogens is 281 g/mol. The predicted molar refractivity (Wildman–Crippen MR) is 72.6 cm³/mol. The molecule has 88 valence electrons. The van der Waals surface area contributed by atoms with Crippen LogP contribution in [0.2, 0.25) is 0 Å². The third-order valence-corrected chi connectivity index (χ3v) is 3.45. The van der Waals surface area contributed by atoms with Crippen molar-refractivity contribution in [2.24, 2.45) is 0 Å². The predicted octanol–water partition coefficient (Wildman–Crippen LogP) is 4.51. The number of benzene rings is 2. The Labute approximate surface area is 109 Å². The first kappa shape index (κ1) is 12.1. The summed E-state index contributed by atoms with van der Waals surface area (Å²) in [4.78, 5) is 0. The van der Waals surface area contributed by atoms with Gasteiger partial charge in [0.05, 0.1) is 0 Å². The highest BCUT2D eigenvalue weighted by molar-refractivity contribution is 9.10. The van der Waals surface area contributed by atoms with Crippen LogP contribution in [0.25, 0.3) is 0 Å². The van der Waals surface area contributed by atoms with Crippen LogP contribution in [0.15, 0.2) is 46.9 Å². The van der Waals surface area contributed by atoms with Crippen molar-refractivity contribution in [2.75, 3.05) is 5.32 Å². The maximum atomic E-state index is 12.7. The van der Waals surface area contributed by atoms with E-state index in [4.69, 9.17) is 0 Å². The average Bonchev–Trinajstić information content (AvgIpc) is 2.33. The number of nitrogens with one attached hydrogen (secondary N) is 1. The molecular formula is C14H13BrFN. The zero-order valence-corrected chi connectivity index (χ0v) is 11.1. The van der Waals surface area contributed by atoms with Gasteiger partial charge in [0.25, 0.3) is 0 Å². The summed E-state index contributed by atoms with van der Waals surface area (Å²) in [5.74, 6) is -0.213. The topological polar surface area (TPSA) is 12.0 Å². The molecule has 0 spiro atoms. The second-order valence-electron chi connectivity index (χ2n) is 3.94. The second kappa shape index (κ2) is 5.32. The van der Waals surface area contributed by atoms with Gasteiger partial charge in [-0.15, -0.1) is 0 Å². The minimum absolute atomic E-state index is 0.213. The molecule has 0 aliphatic heterocycles. The van der Waals surface area contributed by atoms with E-state index in [9.17, 15) is 4.39 Å². The molecule has 17 heavy (non-hydrogen) atoms. The van der Waals surface area contributed by atoms with Crippen LogP contribution in [-0.4, -0.2) is 0 Å². The smallest absolute Gasteiger partial charge is 0.123 e. The Morgan fingerprint density at radius 2 is 1.82 bits per heavy atom. The second-order valence-corrected chi connectivity index (χ2v) is 4.80. The lowest BCUT2D eigenvalue weighted by Crippen LogP contribution is -1.99. The lowest BCUT2D eigenvalue weighted by molar-refractivity contribution is 0.628. The maximum absolute atomic E-state index is 12.7. The van der Waals surface area contributed by atoms with E-state index in [0.717, 1.165) is 16.7 Å². The molecule has 1 nitrogen and oxygen atoms in total. The van der Waals surface area contributed by atoms with Gasteiger partial charge in [0, 0.05) is 16.7 Å². The van der Waals surface area contributed by atoms with Crippen LogP contribution in [0.1, 0.15) is 11.1 Å². The van der Waals surface area contributed by atoms with Crippen LogP contribution in [0.3, 0.4) is 0 Å². The van der Waals surface area contributed by atoms with Crippen LogP contribution < -0.4 is 5.32 Å². The van der Waals surface area contributed by atoms with Crippen LogP contribution in [-0.2, 0) is 6.54 Å². The molecule has 0 aromatic heterocycles. The Hall–Kier alpha value is -1.35. The number of hydrogen-bond acceptors (Lipinski definition) is 1. The minimum atomic E-state index is -0.213. The zero-order chi connectivity index (χ0) is 12.3. The van der Waals surface area contributed by atoms with Crippen LogP contribution in [0, 0.1) is 12.7 Å². The molecule has 0 aliphatic rings. The van der Waals surface area contributed by atoms with Gasteiger partial charge in [-0.25, -0.2) is 4.39 Å². The number of anilines is 1. The summed E-state index contributed by atoms with van der Waals surface area (Å²) in [5.41, 5.74) is 3.34. The van der Waals surface area contributed by atoms with Gasteiger partial charge in [-0.3, -0.25) is 0 Å². The largest absolute Gasteiger partial charge is 0.381 e. The lowest BCUT2D eigenvalue weighted by atomic mass is 10.1. The average molecular weight is 294 g/mol. The number of halogens is 2. The van der Waals surface area contributed by atoms with Gasteiger partial charge in [0.2, 0.25) is 0 Å². The van der Waals surface area contributed by atoms with Gasteiger partial charge in [-0.05, 0) is 48.4 Å². The molecule has 2 aromatic carbocycles. The SMILES string of the molecule is Cc1cc(CNc2ccc(F)cc2)ccc1Br. The highest BCUT2D eigenvalue weighted by Gasteiger charge is 1.98. The van der Waals surface area contributed by atoms with Crippen molar-refractivity contribution in [1.29, 1.82) is 0 Å². The third-order valence-electron chi connectivity index (χ3n) is 2.56. The molecule has 2 aromatic rings. The molecule has 0 unspecified atom stereocenters. The standard InChI is InChI=1S/C14H13BrFN/c1-10-8-11(2-7-14(10)15)9-17-13-5-3-12(16)4-6-13/h2-8,17H,9H2,1H3. The highest BCUT2D eigenvalue weighted by atomic mass is 79.9. The Balaban J connectivity index is 2.02. The fourth-order valence-electron chi connectivity index (χ4n) is 1.59. The molecule has 0 atom stereocenters. The number of rotatable bonds is 3. The van der Waals surface area contributed by atoms with Crippen molar-refractivity contribution < 1.29 is 4.39 Å². The molecule has 0 heterocycles. The number of hydrogen-bond donors (Lipinski definition) is 1. The fraction of sp³-hybridized carbons (Fsp3) is 0.143. The van der Waals surface area contributed by atoms with Crippen molar-refractivity contribution in [1.82, 2.24) is 0 Å². The zero-order valence-electron chi connectivity index (χ0n) is 9.50. The Morgan fingerprint density at radius 3 is 2.47 bits per heavy atom. The summed E-state index contributed by atoms with van der Waals surface area (Å²) in [7, 11) is 0. The monoisotopic (exact) mass is 293 g/mol. The van der Waals surface area contributed by atoms with Crippen molar-refractivity contribution in [3.8, 4) is 0 Å². The molecule has 0 aliphatic carbocycles. The van der Waals surface area contributed by atoms with E-state index in [1.54, 1.807) is 12.1 Å². The Bertz CT molecular complexity index is 508. The summed E-state index contributed by atoms with van der Waals surface area (Å²) >= 11 is 3.47. The molecule has 0 bridgehead atoms. The van der Waals surface area contributed by atoms with Crippen molar-refractivity contribution in [3.05, 3.63) is 63.9 Å². The molecule has 1 N–H and O–H groups in total. The first-order valence-electron chi connectivity index (χ1n) is 5.39. The Kier molecular flexibility index (Phi) is 3.79. The minimum Gasteiger partial charge on any atom is -0.381 e. The molecule has 3 heteroatoms. The van der Waals surface area contributed by atoms with E-state index in [2.05, 4.69) is 40.3 Å². The molecule has 0 radical (unpaired) electrons. The summed E-state index contributed by atoms with van der Waals surface area (Å²) < 4.78 is 13.8. The van der Waals surface area contributed by atoms with Crippen molar-refractivity contribution in [2.45, 2.75) is 13.5 Å². The van der Waals surface area contributed by atoms with Crippen molar-refractivity contribution in [3.63, 3.8) is 0 Å². The first-order valence-corrected chi connectivity index (χ1v) is 6.19. The fourth-order valence-corrected chi connectivity index (χ4v) is 1.84. The van der Waals surface area contributed by atoms with Crippen molar-refractivity contribution >= 4 is 21.6 Å². The maximum Gasteiger partial charge on any atom is 0.123 e. The van der Waals surface area contributed by atoms with Gasteiger partial charge in [-0.2, -0.15) is 0 Å². The van der Waals surface area contributed by atoms with Crippen LogP contribution in [0.5, 0.6) is 0 Å². The van der Waals surface area contributed by atoms with Gasteiger partial charge in [0.1, 0.15) is 5.82 Å². The first-order chi connectivity index (χ1) is 8.15. The summed E-state index contributed by atoms with van der Waals surface area (Å²) in [6, 6.07) is 12.6. The van der Waals surface area contributed by atoms with E-state index >= 15 is 0 Å².